The fraction of sp³-hybridized carbons (Fsp3) is 0.520. The van der Waals surface area contributed by atoms with E-state index in [1.165, 1.54) is 47.4 Å². The molecule has 0 spiro atoms. The maximum absolute atomic E-state index is 4.89. The summed E-state index contributed by atoms with van der Waals surface area (Å²) in [5.41, 5.74) is 5.57. The van der Waals surface area contributed by atoms with Gasteiger partial charge in [-0.15, -0.1) is 0 Å². The number of aryl methyl sites for hydroxylation is 1. The lowest BCUT2D eigenvalue weighted by Crippen LogP contribution is -2.34. The summed E-state index contributed by atoms with van der Waals surface area (Å²) in [6, 6.07) is 8.97. The van der Waals surface area contributed by atoms with E-state index < -0.39 is 0 Å². The Bertz CT molecular complexity index is 893. The predicted octanol–water partition coefficient (Wildman–Crippen LogP) is 6.06. The molecule has 0 atom stereocenters. The van der Waals surface area contributed by atoms with Crippen LogP contribution in [-0.4, -0.2) is 28.0 Å². The van der Waals surface area contributed by atoms with Crippen LogP contribution in [-0.2, 0) is 18.4 Å². The van der Waals surface area contributed by atoms with Crippen LogP contribution in [0.3, 0.4) is 0 Å². The van der Waals surface area contributed by atoms with E-state index in [0.29, 0.717) is 0 Å². The number of benzene rings is 1. The van der Waals surface area contributed by atoms with Gasteiger partial charge in [0.05, 0.1) is 0 Å². The average Bonchev–Trinajstić information content (AvgIpc) is 2.70. The zero-order valence-corrected chi connectivity index (χ0v) is 19.1. The zero-order chi connectivity index (χ0) is 20.4. The van der Waals surface area contributed by atoms with Crippen LogP contribution in [0.1, 0.15) is 69.1 Å². The van der Waals surface area contributed by atoms with Crippen molar-refractivity contribution in [3.05, 3.63) is 63.6 Å². The number of allylic oxidation sites excluding steroid dienone is 1. The van der Waals surface area contributed by atoms with Crippen molar-refractivity contribution in [1.29, 1.82) is 0 Å². The average molecular weight is 408 g/mol. The van der Waals surface area contributed by atoms with E-state index in [-0.39, 0.29) is 5.41 Å². The number of aromatic nitrogens is 2. The van der Waals surface area contributed by atoms with Gasteiger partial charge in [-0.05, 0) is 55.2 Å². The van der Waals surface area contributed by atoms with Gasteiger partial charge in [0.25, 0.3) is 0 Å². The van der Waals surface area contributed by atoms with Crippen LogP contribution >= 0.6 is 11.8 Å². The molecule has 0 fully saturated rings. The maximum atomic E-state index is 4.89. The van der Waals surface area contributed by atoms with Crippen molar-refractivity contribution in [1.82, 2.24) is 14.9 Å². The van der Waals surface area contributed by atoms with Crippen LogP contribution in [0.2, 0.25) is 0 Å². The molecule has 0 saturated carbocycles. The normalized spacial score (nSPS) is 18.1. The van der Waals surface area contributed by atoms with Gasteiger partial charge >= 0.3 is 0 Å². The second-order valence-electron chi connectivity index (χ2n) is 9.53. The summed E-state index contributed by atoms with van der Waals surface area (Å²) in [6.07, 6.45) is 8.24. The van der Waals surface area contributed by atoms with Gasteiger partial charge in [-0.1, -0.05) is 50.2 Å². The highest BCUT2D eigenvalue weighted by atomic mass is 32.2. The maximum Gasteiger partial charge on any atom is 0.133 e. The third-order valence-electron chi connectivity index (χ3n) is 5.89. The Labute approximate surface area is 180 Å². The summed E-state index contributed by atoms with van der Waals surface area (Å²) in [4.78, 5) is 15.1. The first-order chi connectivity index (χ1) is 13.9. The molecule has 1 aliphatic carbocycles. The van der Waals surface area contributed by atoms with Crippen LogP contribution in [0.5, 0.6) is 0 Å². The first-order valence-corrected chi connectivity index (χ1v) is 11.7. The van der Waals surface area contributed by atoms with Gasteiger partial charge in [0.15, 0.2) is 0 Å². The molecule has 0 unspecified atom stereocenters. The molecule has 1 aromatic heterocycles. The van der Waals surface area contributed by atoms with Crippen LogP contribution in [0.25, 0.3) is 0 Å². The second kappa shape index (κ2) is 8.61. The minimum atomic E-state index is 0.0151. The quantitative estimate of drug-likeness (QED) is 0.616. The van der Waals surface area contributed by atoms with Gasteiger partial charge in [0.2, 0.25) is 0 Å². The Morgan fingerprint density at radius 1 is 1.03 bits per heavy atom. The number of nitrogens with zero attached hydrogens (tertiary/aromatic N) is 3. The first kappa shape index (κ1) is 20.6. The minimum absolute atomic E-state index is 0.0151. The van der Waals surface area contributed by atoms with Crippen LogP contribution < -0.4 is 0 Å². The molecule has 4 heteroatoms. The minimum Gasteiger partial charge on any atom is -0.295 e. The zero-order valence-electron chi connectivity index (χ0n) is 18.3. The molecular weight excluding hydrogens is 374 g/mol. The van der Waals surface area contributed by atoms with Crippen LogP contribution in [0.4, 0.5) is 0 Å². The van der Waals surface area contributed by atoms with Crippen LogP contribution in [0, 0.1) is 6.92 Å². The molecular formula is C25H33N3S. The van der Waals surface area contributed by atoms with E-state index in [2.05, 4.69) is 68.0 Å². The lowest BCUT2D eigenvalue weighted by Gasteiger charge is -2.31. The van der Waals surface area contributed by atoms with E-state index in [4.69, 9.17) is 4.98 Å². The molecule has 1 aromatic carbocycles. The van der Waals surface area contributed by atoms with Gasteiger partial charge in [-0.3, -0.25) is 4.90 Å². The van der Waals surface area contributed by atoms with E-state index in [0.717, 1.165) is 31.9 Å². The van der Waals surface area contributed by atoms with E-state index in [1.807, 2.05) is 11.8 Å². The molecule has 1 aliphatic heterocycles. The summed E-state index contributed by atoms with van der Waals surface area (Å²) in [7, 11) is 0. The molecule has 0 N–H and O–H groups in total. The summed E-state index contributed by atoms with van der Waals surface area (Å²) in [5.74, 6) is 0.969. The lowest BCUT2D eigenvalue weighted by molar-refractivity contribution is 0.267. The Morgan fingerprint density at radius 3 is 2.55 bits per heavy atom. The van der Waals surface area contributed by atoms with Crippen molar-refractivity contribution in [2.24, 2.45) is 0 Å². The number of fused-ring (bicyclic) bond motifs is 1. The molecule has 3 nitrogen and oxygen atoms in total. The Balaban J connectivity index is 1.47. The monoisotopic (exact) mass is 407 g/mol. The molecule has 0 bridgehead atoms. The molecule has 29 heavy (non-hydrogen) atoms. The highest BCUT2D eigenvalue weighted by molar-refractivity contribution is 8.03. The smallest absolute Gasteiger partial charge is 0.133 e. The van der Waals surface area contributed by atoms with E-state index in [1.54, 1.807) is 10.5 Å². The third-order valence-corrected chi connectivity index (χ3v) is 7.13. The molecule has 4 rings (SSSR count). The van der Waals surface area contributed by atoms with E-state index in [9.17, 15) is 0 Å². The molecule has 2 heterocycles. The van der Waals surface area contributed by atoms with Crippen LogP contribution in [0.15, 0.2) is 45.8 Å². The molecule has 0 radical (unpaired) electrons. The topological polar surface area (TPSA) is 29.0 Å². The molecule has 2 aliphatic rings. The number of thioether (sulfide) groups is 1. The van der Waals surface area contributed by atoms with Crippen molar-refractivity contribution < 1.29 is 0 Å². The molecule has 0 saturated heterocycles. The summed E-state index contributed by atoms with van der Waals surface area (Å²) >= 11 is 1.99. The van der Waals surface area contributed by atoms with Crippen molar-refractivity contribution in [2.75, 3.05) is 13.1 Å². The molecule has 0 amide bonds. The SMILES string of the molecule is Cc1ccc(SC2=C(CN3CCc4nc(C(C)(C)C)ncc4C3)CCCC2)cc1. The van der Waals surface area contributed by atoms with Crippen molar-refractivity contribution in [3.8, 4) is 0 Å². The van der Waals surface area contributed by atoms with Gasteiger partial charge in [-0.2, -0.15) is 0 Å². The largest absolute Gasteiger partial charge is 0.295 e. The van der Waals surface area contributed by atoms with Crippen molar-refractivity contribution in [2.45, 2.75) is 76.7 Å². The number of hydrogen-bond acceptors (Lipinski definition) is 4. The van der Waals surface area contributed by atoms with Crippen molar-refractivity contribution >= 4 is 11.8 Å². The second-order valence-corrected chi connectivity index (χ2v) is 10.7. The summed E-state index contributed by atoms with van der Waals surface area (Å²) in [5, 5.41) is 0. The van der Waals surface area contributed by atoms with Gasteiger partial charge < -0.3 is 0 Å². The third kappa shape index (κ3) is 5.10. The van der Waals surface area contributed by atoms with Gasteiger partial charge in [0.1, 0.15) is 5.82 Å². The van der Waals surface area contributed by atoms with E-state index >= 15 is 0 Å². The fourth-order valence-corrected chi connectivity index (χ4v) is 5.23. The highest BCUT2D eigenvalue weighted by Gasteiger charge is 2.24. The summed E-state index contributed by atoms with van der Waals surface area (Å²) in [6.45, 7) is 11.9. The molecule has 2 aromatic rings. The number of hydrogen-bond donors (Lipinski definition) is 0. The van der Waals surface area contributed by atoms with Gasteiger partial charge in [-0.25, -0.2) is 9.97 Å². The Morgan fingerprint density at radius 2 is 1.79 bits per heavy atom. The fourth-order valence-electron chi connectivity index (χ4n) is 4.12. The molecule has 154 valence electrons. The lowest BCUT2D eigenvalue weighted by atomic mass is 9.94. The van der Waals surface area contributed by atoms with Gasteiger partial charge in [0, 0.05) is 53.8 Å². The Hall–Kier alpha value is -1.65. The first-order valence-electron chi connectivity index (χ1n) is 10.9. The summed E-state index contributed by atoms with van der Waals surface area (Å²) < 4.78 is 0. The van der Waals surface area contributed by atoms with Crippen molar-refractivity contribution in [3.63, 3.8) is 0 Å². The number of rotatable bonds is 4. The Kier molecular flexibility index (Phi) is 6.12. The highest BCUT2D eigenvalue weighted by Crippen LogP contribution is 2.38. The predicted molar refractivity (Wildman–Crippen MR) is 122 cm³/mol. The standard InChI is InChI=1S/C25H33N3S/c1-18-9-11-21(12-10-18)29-23-8-6-5-7-19(23)16-28-14-13-22-20(17-28)15-26-24(27-22)25(2,3)4/h9-12,15H,5-8,13-14,16-17H2,1-4H3.